The van der Waals surface area contributed by atoms with E-state index in [1.54, 1.807) is 49.0 Å². The lowest BCUT2D eigenvalue weighted by Crippen LogP contribution is -2.17. The Bertz CT molecular complexity index is 1590. The molecular weight excluding hydrogens is 432 g/mol. The predicted octanol–water partition coefficient (Wildman–Crippen LogP) is 4.62. The maximum Gasteiger partial charge on any atom is 0.345 e. The van der Waals surface area contributed by atoms with Gasteiger partial charge in [0.25, 0.3) is 5.91 Å². The van der Waals surface area contributed by atoms with E-state index in [-0.39, 0.29) is 0 Å². The molecule has 0 bridgehead atoms. The van der Waals surface area contributed by atoms with Crippen LogP contribution in [0.15, 0.2) is 91.7 Å². The van der Waals surface area contributed by atoms with Crippen molar-refractivity contribution in [2.75, 3.05) is 0 Å². The van der Waals surface area contributed by atoms with Crippen LogP contribution in [0, 0.1) is 13.8 Å². The number of nitrogens with one attached hydrogen (secondary N) is 1. The molecule has 5 aromatic rings. The second-order valence-electron chi connectivity index (χ2n) is 7.72. The van der Waals surface area contributed by atoms with Crippen LogP contribution in [-0.2, 0) is 0 Å². The number of benzene rings is 2. The summed E-state index contributed by atoms with van der Waals surface area (Å²) in [6, 6.07) is 20.1. The van der Waals surface area contributed by atoms with E-state index in [4.69, 9.17) is 8.83 Å². The minimum atomic E-state index is -0.514. The lowest BCUT2D eigenvalue weighted by molar-refractivity contribution is 0.0953. The largest absolute Gasteiger partial charge is 0.466 e. The Morgan fingerprint density at radius 1 is 1.03 bits per heavy atom. The smallest absolute Gasteiger partial charge is 0.345 e. The summed E-state index contributed by atoms with van der Waals surface area (Å²) in [7, 11) is 0. The lowest BCUT2D eigenvalue weighted by Gasteiger charge is -2.01. The van der Waals surface area contributed by atoms with Crippen molar-refractivity contribution in [3.05, 3.63) is 106 Å². The number of aryl methyl sites for hydroxylation is 2. The van der Waals surface area contributed by atoms with Crippen LogP contribution in [0.4, 0.5) is 0 Å². The molecule has 3 heterocycles. The number of furan rings is 1. The number of rotatable bonds is 5. The van der Waals surface area contributed by atoms with Crippen molar-refractivity contribution in [1.29, 1.82) is 0 Å². The van der Waals surface area contributed by atoms with E-state index in [1.807, 2.05) is 42.5 Å². The van der Waals surface area contributed by atoms with Gasteiger partial charge in [0.1, 0.15) is 22.8 Å². The van der Waals surface area contributed by atoms with Gasteiger partial charge in [-0.3, -0.25) is 4.79 Å². The van der Waals surface area contributed by atoms with Crippen LogP contribution in [0.5, 0.6) is 0 Å². The first kappa shape index (κ1) is 21.1. The molecule has 2 aromatic carbocycles. The zero-order chi connectivity index (χ0) is 23.7. The van der Waals surface area contributed by atoms with Crippen molar-refractivity contribution in [2.24, 2.45) is 5.10 Å². The fraction of sp³-hybridized carbons (Fsp3) is 0.0769. The van der Waals surface area contributed by atoms with Gasteiger partial charge < -0.3 is 8.83 Å². The van der Waals surface area contributed by atoms with Gasteiger partial charge in [-0.15, -0.1) is 0 Å². The van der Waals surface area contributed by atoms with Crippen LogP contribution < -0.4 is 11.1 Å². The molecule has 0 aliphatic heterocycles. The number of amides is 1. The van der Waals surface area contributed by atoms with Crippen molar-refractivity contribution in [3.8, 4) is 16.9 Å². The lowest BCUT2D eigenvalue weighted by atomic mass is 10.1. The molecule has 3 aromatic heterocycles. The van der Waals surface area contributed by atoms with Crippen molar-refractivity contribution in [1.82, 2.24) is 15.2 Å². The molecule has 168 valence electrons. The first-order chi connectivity index (χ1) is 16.5. The topological polar surface area (TPSA) is 103 Å². The standard InChI is InChI=1S/C26H20N4O4/c1-16-12-21(17(2)33-16)25(31)28-27-14-19-15-30(20-9-4-3-5-10-20)29-24(19)22-13-18-8-6-7-11-23(18)34-26(22)32/h3-15H,1-2H3,(H,28,31)/b27-14+. The Morgan fingerprint density at radius 2 is 1.79 bits per heavy atom. The molecule has 34 heavy (non-hydrogen) atoms. The van der Waals surface area contributed by atoms with Crippen LogP contribution in [-0.4, -0.2) is 21.9 Å². The number of nitrogens with zero attached hydrogens (tertiary/aromatic N) is 3. The first-order valence-electron chi connectivity index (χ1n) is 10.6. The second kappa shape index (κ2) is 8.67. The molecule has 0 spiro atoms. The average molecular weight is 452 g/mol. The number of para-hydroxylation sites is 2. The van der Waals surface area contributed by atoms with Gasteiger partial charge >= 0.3 is 5.63 Å². The highest BCUT2D eigenvalue weighted by Crippen LogP contribution is 2.23. The molecule has 8 heteroatoms. The Labute approximate surface area is 194 Å². The van der Waals surface area contributed by atoms with Crippen LogP contribution in [0.2, 0.25) is 0 Å². The van der Waals surface area contributed by atoms with Crippen LogP contribution in [0.25, 0.3) is 27.9 Å². The zero-order valence-corrected chi connectivity index (χ0v) is 18.5. The Morgan fingerprint density at radius 3 is 2.56 bits per heavy atom. The van der Waals surface area contributed by atoms with Crippen molar-refractivity contribution in [3.63, 3.8) is 0 Å². The molecule has 0 aliphatic carbocycles. The van der Waals surface area contributed by atoms with Gasteiger partial charge in [-0.25, -0.2) is 14.9 Å². The summed E-state index contributed by atoms with van der Waals surface area (Å²) in [6.07, 6.45) is 3.19. The van der Waals surface area contributed by atoms with E-state index < -0.39 is 11.5 Å². The van der Waals surface area contributed by atoms with Gasteiger partial charge in [0.05, 0.1) is 23.0 Å². The third-order valence-corrected chi connectivity index (χ3v) is 5.32. The molecule has 0 radical (unpaired) electrons. The summed E-state index contributed by atoms with van der Waals surface area (Å²) in [6.45, 7) is 3.49. The van der Waals surface area contributed by atoms with Gasteiger partial charge in [-0.2, -0.15) is 10.2 Å². The van der Waals surface area contributed by atoms with Gasteiger partial charge in [-0.1, -0.05) is 36.4 Å². The zero-order valence-electron chi connectivity index (χ0n) is 18.5. The highest BCUT2D eigenvalue weighted by Gasteiger charge is 2.17. The van der Waals surface area contributed by atoms with Gasteiger partial charge in [0.15, 0.2) is 0 Å². The monoisotopic (exact) mass is 452 g/mol. The molecule has 1 N–H and O–H groups in total. The summed E-state index contributed by atoms with van der Waals surface area (Å²) in [5.41, 5.74) is 4.91. The number of aromatic nitrogens is 2. The van der Waals surface area contributed by atoms with Crippen LogP contribution in [0.1, 0.15) is 27.4 Å². The quantitative estimate of drug-likeness (QED) is 0.238. The molecule has 0 fully saturated rings. The van der Waals surface area contributed by atoms with E-state index in [1.165, 1.54) is 6.21 Å². The molecule has 0 aliphatic rings. The number of fused-ring (bicyclic) bond motifs is 1. The van der Waals surface area contributed by atoms with Gasteiger partial charge in [0, 0.05) is 17.1 Å². The third-order valence-electron chi connectivity index (χ3n) is 5.32. The summed E-state index contributed by atoms with van der Waals surface area (Å²) >= 11 is 0. The maximum absolute atomic E-state index is 12.8. The minimum Gasteiger partial charge on any atom is -0.466 e. The number of carbonyl (C=O) groups excluding carboxylic acids is 1. The van der Waals surface area contributed by atoms with Crippen molar-refractivity contribution in [2.45, 2.75) is 13.8 Å². The summed E-state index contributed by atoms with van der Waals surface area (Å²) < 4.78 is 12.6. The van der Waals surface area contributed by atoms with E-state index in [2.05, 4.69) is 15.6 Å². The fourth-order valence-corrected chi connectivity index (χ4v) is 3.71. The van der Waals surface area contributed by atoms with E-state index in [0.29, 0.717) is 39.5 Å². The molecule has 0 saturated carbocycles. The molecular formula is C26H20N4O4. The van der Waals surface area contributed by atoms with E-state index in [9.17, 15) is 9.59 Å². The Kier molecular flexibility index (Phi) is 5.39. The maximum atomic E-state index is 12.8. The third kappa shape index (κ3) is 4.04. The molecule has 0 atom stereocenters. The summed E-state index contributed by atoms with van der Waals surface area (Å²) in [4.78, 5) is 25.3. The highest BCUT2D eigenvalue weighted by molar-refractivity contribution is 5.96. The van der Waals surface area contributed by atoms with Gasteiger partial charge in [-0.05, 0) is 44.2 Å². The van der Waals surface area contributed by atoms with E-state index in [0.717, 1.165) is 11.1 Å². The van der Waals surface area contributed by atoms with Crippen molar-refractivity contribution < 1.29 is 13.6 Å². The Hall–Kier alpha value is -4.72. The molecule has 5 rings (SSSR count). The van der Waals surface area contributed by atoms with Gasteiger partial charge in [0.2, 0.25) is 0 Å². The normalized spacial score (nSPS) is 11.4. The molecule has 0 saturated heterocycles. The SMILES string of the molecule is Cc1cc(C(=O)N/N=C/c2cn(-c3ccccc3)nc2-c2cc3ccccc3oc2=O)c(C)o1. The molecule has 1 amide bonds. The van der Waals surface area contributed by atoms with Crippen molar-refractivity contribution >= 4 is 23.1 Å². The highest BCUT2D eigenvalue weighted by atomic mass is 16.4. The number of hydrazone groups is 1. The van der Waals surface area contributed by atoms with Crippen LogP contribution in [0.3, 0.4) is 0 Å². The number of hydrogen-bond donors (Lipinski definition) is 1. The van der Waals surface area contributed by atoms with E-state index >= 15 is 0 Å². The Balaban J connectivity index is 1.55. The summed E-state index contributed by atoms with van der Waals surface area (Å²) in [5, 5.41) is 9.50. The summed E-state index contributed by atoms with van der Waals surface area (Å²) in [5.74, 6) is 0.755. The number of hydrogen-bond acceptors (Lipinski definition) is 6. The number of carbonyl (C=O) groups is 1. The molecule has 8 nitrogen and oxygen atoms in total. The van der Waals surface area contributed by atoms with Crippen LogP contribution >= 0.6 is 0 Å². The second-order valence-corrected chi connectivity index (χ2v) is 7.72. The first-order valence-corrected chi connectivity index (χ1v) is 10.6. The minimum absolute atomic E-state index is 0.294. The predicted molar refractivity (Wildman–Crippen MR) is 128 cm³/mol. The molecule has 0 unspecified atom stereocenters. The average Bonchev–Trinajstić information content (AvgIpc) is 3.41. The fourth-order valence-electron chi connectivity index (χ4n) is 3.71.